The molecule has 11 heteroatoms. The number of anilines is 1. The Morgan fingerprint density at radius 2 is 1.92 bits per heavy atom. The number of hydrogen-bond acceptors (Lipinski definition) is 6. The van der Waals surface area contributed by atoms with Gasteiger partial charge in [-0.15, -0.1) is 0 Å². The first-order valence-electron chi connectivity index (χ1n) is 6.81. The van der Waals surface area contributed by atoms with Crippen molar-refractivity contribution < 1.29 is 26.9 Å². The Morgan fingerprint density at radius 1 is 1.20 bits per heavy atom. The highest BCUT2D eigenvalue weighted by molar-refractivity contribution is 7.89. The molecule has 25 heavy (non-hydrogen) atoms. The molecule has 0 aliphatic heterocycles. The standard InChI is InChI=1S/C14H13F2N3O5S/c15-9-1-4-14(11(16)7-9)24-6-5-18-12-3-2-10(25(17,22)23)8-13(12)19(20)21/h1-4,7-8,18H,5-6H2,(H2,17,22,23). The molecule has 0 aliphatic rings. The summed E-state index contributed by atoms with van der Waals surface area (Å²) in [6, 6.07) is 5.95. The Bertz CT molecular complexity index is 905. The molecule has 0 fully saturated rings. The second-order valence-corrected chi connectivity index (χ2v) is 6.39. The zero-order chi connectivity index (χ0) is 18.6. The van der Waals surface area contributed by atoms with E-state index in [0.29, 0.717) is 6.07 Å². The number of nitrogens with two attached hydrogens (primary N) is 1. The van der Waals surface area contributed by atoms with E-state index in [1.54, 1.807) is 0 Å². The van der Waals surface area contributed by atoms with Crippen molar-refractivity contribution in [3.63, 3.8) is 0 Å². The van der Waals surface area contributed by atoms with E-state index < -0.39 is 37.2 Å². The highest BCUT2D eigenvalue weighted by atomic mass is 32.2. The Balaban J connectivity index is 2.04. The average Bonchev–Trinajstić information content (AvgIpc) is 2.52. The Kier molecular flexibility index (Phi) is 5.49. The third kappa shape index (κ3) is 4.84. The van der Waals surface area contributed by atoms with Crippen LogP contribution >= 0.6 is 0 Å². The minimum atomic E-state index is -4.07. The largest absolute Gasteiger partial charge is 0.489 e. The molecule has 0 radical (unpaired) electrons. The molecule has 0 spiro atoms. The van der Waals surface area contributed by atoms with Crippen LogP contribution in [0.25, 0.3) is 0 Å². The molecule has 0 heterocycles. The number of nitrogens with one attached hydrogen (secondary N) is 1. The summed E-state index contributed by atoms with van der Waals surface area (Å²) >= 11 is 0. The number of sulfonamides is 1. The van der Waals surface area contributed by atoms with Crippen molar-refractivity contribution in [2.75, 3.05) is 18.5 Å². The molecular weight excluding hydrogens is 360 g/mol. The number of ether oxygens (including phenoxy) is 1. The fourth-order valence-corrected chi connectivity index (χ4v) is 2.46. The van der Waals surface area contributed by atoms with Crippen LogP contribution in [0.5, 0.6) is 5.75 Å². The van der Waals surface area contributed by atoms with Gasteiger partial charge in [0.1, 0.15) is 18.1 Å². The van der Waals surface area contributed by atoms with Gasteiger partial charge in [-0.05, 0) is 24.3 Å². The quantitative estimate of drug-likeness (QED) is 0.435. The molecule has 0 bridgehead atoms. The Hall–Kier alpha value is -2.79. The van der Waals surface area contributed by atoms with E-state index in [2.05, 4.69) is 5.32 Å². The molecule has 2 rings (SSSR count). The van der Waals surface area contributed by atoms with Crippen molar-refractivity contribution in [2.24, 2.45) is 5.14 Å². The lowest BCUT2D eigenvalue weighted by Crippen LogP contribution is -2.15. The van der Waals surface area contributed by atoms with Gasteiger partial charge >= 0.3 is 0 Å². The fourth-order valence-electron chi connectivity index (χ4n) is 1.93. The number of nitrogens with zero attached hydrogens (tertiary/aromatic N) is 1. The van der Waals surface area contributed by atoms with E-state index in [-0.39, 0.29) is 24.6 Å². The normalized spacial score (nSPS) is 11.2. The molecule has 134 valence electrons. The zero-order valence-electron chi connectivity index (χ0n) is 12.6. The summed E-state index contributed by atoms with van der Waals surface area (Å²) in [5.74, 6) is -1.78. The first kappa shape index (κ1) is 18.5. The van der Waals surface area contributed by atoms with Gasteiger partial charge in [-0.25, -0.2) is 22.3 Å². The van der Waals surface area contributed by atoms with Crippen LogP contribution in [0.2, 0.25) is 0 Å². The highest BCUT2D eigenvalue weighted by Gasteiger charge is 2.18. The predicted molar refractivity (Wildman–Crippen MR) is 84.8 cm³/mol. The van der Waals surface area contributed by atoms with Gasteiger partial charge in [0.15, 0.2) is 11.6 Å². The minimum Gasteiger partial charge on any atom is -0.489 e. The molecular formula is C14H13F2N3O5S. The van der Waals surface area contributed by atoms with E-state index in [4.69, 9.17) is 9.88 Å². The van der Waals surface area contributed by atoms with Crippen molar-refractivity contribution >= 4 is 21.4 Å². The molecule has 2 aromatic rings. The second kappa shape index (κ2) is 7.40. The fraction of sp³-hybridized carbons (Fsp3) is 0.143. The van der Waals surface area contributed by atoms with Crippen LogP contribution in [0.3, 0.4) is 0 Å². The van der Waals surface area contributed by atoms with Gasteiger partial charge in [0.25, 0.3) is 5.69 Å². The van der Waals surface area contributed by atoms with Crippen molar-refractivity contribution in [2.45, 2.75) is 4.90 Å². The summed E-state index contributed by atoms with van der Waals surface area (Å²) in [4.78, 5) is 9.88. The second-order valence-electron chi connectivity index (χ2n) is 4.83. The molecule has 0 unspecified atom stereocenters. The zero-order valence-corrected chi connectivity index (χ0v) is 13.4. The van der Waals surface area contributed by atoms with E-state index >= 15 is 0 Å². The summed E-state index contributed by atoms with van der Waals surface area (Å²) < 4.78 is 53.7. The predicted octanol–water partition coefficient (Wildman–Crippen LogP) is 2.01. The van der Waals surface area contributed by atoms with E-state index in [1.165, 1.54) is 6.07 Å². The molecule has 0 amide bonds. The number of halogens is 2. The van der Waals surface area contributed by atoms with Crippen LogP contribution in [-0.4, -0.2) is 26.5 Å². The van der Waals surface area contributed by atoms with Gasteiger partial charge in [-0.3, -0.25) is 10.1 Å². The van der Waals surface area contributed by atoms with Crippen LogP contribution in [0.1, 0.15) is 0 Å². The average molecular weight is 373 g/mol. The Morgan fingerprint density at radius 3 is 2.52 bits per heavy atom. The summed E-state index contributed by atoms with van der Waals surface area (Å²) in [5.41, 5.74) is -0.444. The van der Waals surface area contributed by atoms with Gasteiger partial charge in [0.2, 0.25) is 10.0 Å². The Labute approximate surface area is 141 Å². The van der Waals surface area contributed by atoms with E-state index in [1.807, 2.05) is 0 Å². The number of nitro groups is 1. The minimum absolute atomic E-state index is 0.0422. The number of nitro benzene ring substituents is 1. The van der Waals surface area contributed by atoms with Gasteiger partial charge in [0, 0.05) is 18.7 Å². The topological polar surface area (TPSA) is 125 Å². The van der Waals surface area contributed by atoms with Crippen LogP contribution in [0.4, 0.5) is 20.2 Å². The van der Waals surface area contributed by atoms with Crippen molar-refractivity contribution in [3.8, 4) is 5.75 Å². The molecule has 3 N–H and O–H groups in total. The number of primary sulfonamides is 1. The lowest BCUT2D eigenvalue weighted by atomic mass is 10.2. The summed E-state index contributed by atoms with van der Waals surface area (Å²) in [5, 5.41) is 18.7. The monoisotopic (exact) mass is 373 g/mol. The maximum absolute atomic E-state index is 13.4. The first-order chi connectivity index (χ1) is 11.7. The SMILES string of the molecule is NS(=O)(=O)c1ccc(NCCOc2ccc(F)cc2F)c([N+](=O)[O-])c1. The molecule has 0 saturated carbocycles. The van der Waals surface area contributed by atoms with Gasteiger partial charge in [-0.1, -0.05) is 0 Å². The number of hydrogen-bond donors (Lipinski definition) is 2. The molecule has 0 atom stereocenters. The van der Waals surface area contributed by atoms with Crippen LogP contribution in [0, 0.1) is 21.7 Å². The maximum Gasteiger partial charge on any atom is 0.293 e. The number of benzene rings is 2. The first-order valence-corrected chi connectivity index (χ1v) is 8.36. The third-order valence-corrected chi connectivity index (χ3v) is 3.97. The van der Waals surface area contributed by atoms with E-state index in [0.717, 1.165) is 24.3 Å². The molecule has 0 aliphatic carbocycles. The maximum atomic E-state index is 13.4. The lowest BCUT2D eigenvalue weighted by molar-refractivity contribution is -0.384. The third-order valence-electron chi connectivity index (χ3n) is 3.06. The van der Waals surface area contributed by atoms with E-state index in [9.17, 15) is 27.3 Å². The van der Waals surface area contributed by atoms with Crippen LogP contribution in [-0.2, 0) is 10.0 Å². The molecule has 0 saturated heterocycles. The van der Waals surface area contributed by atoms with Gasteiger partial charge in [-0.2, -0.15) is 0 Å². The van der Waals surface area contributed by atoms with Gasteiger partial charge < -0.3 is 10.1 Å². The summed E-state index contributed by atoms with van der Waals surface area (Å²) in [6.07, 6.45) is 0. The highest BCUT2D eigenvalue weighted by Crippen LogP contribution is 2.27. The number of rotatable bonds is 7. The van der Waals surface area contributed by atoms with Crippen molar-refractivity contribution in [1.82, 2.24) is 0 Å². The lowest BCUT2D eigenvalue weighted by Gasteiger charge is -2.10. The smallest absolute Gasteiger partial charge is 0.293 e. The van der Waals surface area contributed by atoms with Crippen LogP contribution in [0.15, 0.2) is 41.3 Å². The molecule has 8 nitrogen and oxygen atoms in total. The summed E-state index contributed by atoms with van der Waals surface area (Å²) in [6.45, 7) is -0.0248. The molecule has 2 aromatic carbocycles. The van der Waals surface area contributed by atoms with Crippen LogP contribution < -0.4 is 15.2 Å². The summed E-state index contributed by atoms with van der Waals surface area (Å²) in [7, 11) is -4.07. The molecule has 0 aromatic heterocycles. The van der Waals surface area contributed by atoms with Crippen molar-refractivity contribution in [3.05, 3.63) is 58.1 Å². The van der Waals surface area contributed by atoms with Crippen molar-refractivity contribution in [1.29, 1.82) is 0 Å². The van der Waals surface area contributed by atoms with Gasteiger partial charge in [0.05, 0.1) is 9.82 Å².